The van der Waals surface area contributed by atoms with Crippen molar-refractivity contribution in [2.45, 2.75) is 13.0 Å². The molecule has 0 aliphatic carbocycles. The van der Waals surface area contributed by atoms with Crippen molar-refractivity contribution in [2.75, 3.05) is 6.54 Å². The number of rotatable bonds is 4. The van der Waals surface area contributed by atoms with E-state index >= 15 is 0 Å². The first-order chi connectivity index (χ1) is 8.22. The minimum atomic E-state index is -0.560. The Bertz CT molecular complexity index is 511. The highest BCUT2D eigenvalue weighted by Crippen LogP contribution is 2.20. The van der Waals surface area contributed by atoms with Gasteiger partial charge in [-0.3, -0.25) is 0 Å². The van der Waals surface area contributed by atoms with Crippen molar-refractivity contribution in [3.8, 4) is 11.4 Å². The number of aryl methyl sites for hydroxylation is 1. The molecule has 0 radical (unpaired) electrons. The van der Waals surface area contributed by atoms with Gasteiger partial charge < -0.3 is 5.73 Å². The van der Waals surface area contributed by atoms with Crippen LogP contribution in [0.2, 0.25) is 0 Å². The van der Waals surface area contributed by atoms with Crippen molar-refractivity contribution in [1.82, 2.24) is 20.2 Å². The maximum Gasteiger partial charge on any atom is 0.185 e. The van der Waals surface area contributed by atoms with Gasteiger partial charge in [-0.05, 0) is 41.6 Å². The molecule has 17 heavy (non-hydrogen) atoms. The average molecular weight is 239 g/mol. The van der Waals surface area contributed by atoms with Crippen LogP contribution in [0.15, 0.2) is 18.2 Å². The Balaban J connectivity index is 2.38. The van der Waals surface area contributed by atoms with Gasteiger partial charge in [0.15, 0.2) is 5.82 Å². The van der Waals surface area contributed by atoms with Gasteiger partial charge in [0.05, 0.1) is 5.56 Å². The Kier molecular flexibility index (Phi) is 3.38. The Morgan fingerprint density at radius 2 is 2.12 bits per heavy atom. The van der Waals surface area contributed by atoms with Gasteiger partial charge in [0.25, 0.3) is 0 Å². The number of hydrogen-bond acceptors (Lipinski definition) is 4. The summed E-state index contributed by atoms with van der Waals surface area (Å²) in [6.45, 7) is 0.944. The lowest BCUT2D eigenvalue weighted by molar-refractivity contribution is 0.562. The molecule has 0 aliphatic rings. The largest absolute Gasteiger partial charge is 0.330 e. The molecule has 5 nitrogen and oxygen atoms in total. The first-order valence-corrected chi connectivity index (χ1v) is 5.14. The molecule has 7 heteroatoms. The third-order valence-corrected chi connectivity index (χ3v) is 2.28. The lowest BCUT2D eigenvalue weighted by Gasteiger charge is -2.04. The van der Waals surface area contributed by atoms with E-state index in [0.29, 0.717) is 19.5 Å². The number of nitrogens with two attached hydrogens (primary N) is 1. The highest BCUT2D eigenvalue weighted by molar-refractivity contribution is 5.55. The summed E-state index contributed by atoms with van der Waals surface area (Å²) in [5.41, 5.74) is 5.42. The molecule has 2 N–H and O–H groups in total. The van der Waals surface area contributed by atoms with E-state index in [4.69, 9.17) is 5.73 Å². The number of halogens is 2. The normalized spacial score (nSPS) is 10.8. The van der Waals surface area contributed by atoms with E-state index in [1.165, 1.54) is 4.68 Å². The van der Waals surface area contributed by atoms with Crippen molar-refractivity contribution < 1.29 is 8.78 Å². The summed E-state index contributed by atoms with van der Waals surface area (Å²) in [7, 11) is 0. The second-order valence-electron chi connectivity index (χ2n) is 3.49. The standard InChI is InChI=1S/C10H11F2N5/c11-7-2-3-9(12)8(6-7)10-14-15-16-17(10)5-1-4-13/h2-3,6H,1,4-5,13H2. The Labute approximate surface area is 96.2 Å². The van der Waals surface area contributed by atoms with Gasteiger partial charge in [-0.1, -0.05) is 0 Å². The number of nitrogens with zero attached hydrogens (tertiary/aromatic N) is 4. The molecule has 2 aromatic rings. The third kappa shape index (κ3) is 2.44. The molecule has 0 aliphatic heterocycles. The first kappa shape index (κ1) is 11.6. The topological polar surface area (TPSA) is 69.6 Å². The lowest BCUT2D eigenvalue weighted by atomic mass is 10.2. The van der Waals surface area contributed by atoms with Crippen LogP contribution in [-0.4, -0.2) is 26.8 Å². The SMILES string of the molecule is NCCCn1nnnc1-c1cc(F)ccc1F. The molecule has 1 aromatic heterocycles. The monoisotopic (exact) mass is 239 g/mol. The molecule has 90 valence electrons. The van der Waals surface area contributed by atoms with Gasteiger partial charge in [0.1, 0.15) is 11.6 Å². The van der Waals surface area contributed by atoms with Crippen LogP contribution in [0.25, 0.3) is 11.4 Å². The van der Waals surface area contributed by atoms with Crippen LogP contribution < -0.4 is 5.73 Å². The van der Waals surface area contributed by atoms with Crippen LogP contribution in [0.3, 0.4) is 0 Å². The fraction of sp³-hybridized carbons (Fsp3) is 0.300. The summed E-state index contributed by atoms with van der Waals surface area (Å²) in [4.78, 5) is 0. The van der Waals surface area contributed by atoms with Gasteiger partial charge in [-0.15, -0.1) is 5.10 Å². The molecule has 0 spiro atoms. The van der Waals surface area contributed by atoms with E-state index < -0.39 is 11.6 Å². The molecule has 0 atom stereocenters. The fourth-order valence-corrected chi connectivity index (χ4v) is 1.46. The maximum atomic E-state index is 13.5. The maximum absolute atomic E-state index is 13.5. The number of benzene rings is 1. The van der Waals surface area contributed by atoms with Crippen LogP contribution in [0.4, 0.5) is 8.78 Å². The van der Waals surface area contributed by atoms with Gasteiger partial charge in [-0.2, -0.15) is 0 Å². The van der Waals surface area contributed by atoms with Crippen molar-refractivity contribution in [3.05, 3.63) is 29.8 Å². The Hall–Kier alpha value is -1.89. The number of aromatic nitrogens is 4. The summed E-state index contributed by atoms with van der Waals surface area (Å²) in [5.74, 6) is -0.888. The predicted molar refractivity (Wildman–Crippen MR) is 56.8 cm³/mol. The predicted octanol–water partition coefficient (Wildman–Crippen LogP) is 0.967. The van der Waals surface area contributed by atoms with E-state index in [-0.39, 0.29) is 11.4 Å². The highest BCUT2D eigenvalue weighted by Gasteiger charge is 2.13. The molecule has 0 amide bonds. The summed E-state index contributed by atoms with van der Waals surface area (Å²) in [5, 5.41) is 10.9. The van der Waals surface area contributed by atoms with Crippen LogP contribution >= 0.6 is 0 Å². The minimum absolute atomic E-state index is 0.0482. The number of tetrazole rings is 1. The Morgan fingerprint density at radius 3 is 2.88 bits per heavy atom. The summed E-state index contributed by atoms with van der Waals surface area (Å²) < 4.78 is 28.0. The molecule has 1 heterocycles. The van der Waals surface area contributed by atoms with Crippen LogP contribution in [0, 0.1) is 11.6 Å². The van der Waals surface area contributed by atoms with Crippen LogP contribution in [0.1, 0.15) is 6.42 Å². The molecular weight excluding hydrogens is 228 g/mol. The molecule has 0 unspecified atom stereocenters. The molecule has 2 rings (SSSR count). The highest BCUT2D eigenvalue weighted by atomic mass is 19.1. The molecule has 1 aromatic carbocycles. The van der Waals surface area contributed by atoms with Crippen molar-refractivity contribution in [2.24, 2.45) is 5.73 Å². The Morgan fingerprint density at radius 1 is 1.29 bits per heavy atom. The number of hydrogen-bond donors (Lipinski definition) is 1. The van der Waals surface area contributed by atoms with E-state index in [0.717, 1.165) is 18.2 Å². The van der Waals surface area contributed by atoms with E-state index in [2.05, 4.69) is 15.5 Å². The van der Waals surface area contributed by atoms with E-state index in [1.54, 1.807) is 0 Å². The zero-order chi connectivity index (χ0) is 12.3. The van der Waals surface area contributed by atoms with Gasteiger partial charge in [0.2, 0.25) is 0 Å². The van der Waals surface area contributed by atoms with Gasteiger partial charge in [0, 0.05) is 6.54 Å². The first-order valence-electron chi connectivity index (χ1n) is 5.14. The summed E-state index contributed by atoms with van der Waals surface area (Å²) in [6, 6.07) is 3.17. The minimum Gasteiger partial charge on any atom is -0.330 e. The summed E-state index contributed by atoms with van der Waals surface area (Å²) in [6.07, 6.45) is 0.662. The zero-order valence-electron chi connectivity index (χ0n) is 8.98. The van der Waals surface area contributed by atoms with Crippen molar-refractivity contribution in [3.63, 3.8) is 0 Å². The van der Waals surface area contributed by atoms with E-state index in [9.17, 15) is 8.78 Å². The molecule has 0 fully saturated rings. The quantitative estimate of drug-likeness (QED) is 0.863. The lowest BCUT2D eigenvalue weighted by Crippen LogP contribution is -2.09. The van der Waals surface area contributed by atoms with Crippen molar-refractivity contribution in [1.29, 1.82) is 0 Å². The van der Waals surface area contributed by atoms with E-state index in [1.807, 2.05) is 0 Å². The smallest absolute Gasteiger partial charge is 0.185 e. The van der Waals surface area contributed by atoms with Gasteiger partial charge in [-0.25, -0.2) is 13.5 Å². The third-order valence-electron chi connectivity index (χ3n) is 2.28. The molecular formula is C10H11F2N5. The second-order valence-corrected chi connectivity index (χ2v) is 3.49. The fourth-order valence-electron chi connectivity index (χ4n) is 1.46. The molecule has 0 saturated heterocycles. The molecule has 0 bridgehead atoms. The average Bonchev–Trinajstić information content (AvgIpc) is 2.77. The zero-order valence-corrected chi connectivity index (χ0v) is 8.98. The van der Waals surface area contributed by atoms with Crippen LogP contribution in [-0.2, 0) is 6.54 Å². The van der Waals surface area contributed by atoms with Crippen molar-refractivity contribution >= 4 is 0 Å². The van der Waals surface area contributed by atoms with Crippen LogP contribution in [0.5, 0.6) is 0 Å². The summed E-state index contributed by atoms with van der Waals surface area (Å²) >= 11 is 0. The second kappa shape index (κ2) is 4.96. The van der Waals surface area contributed by atoms with Gasteiger partial charge >= 0.3 is 0 Å². The molecule has 0 saturated carbocycles.